The van der Waals surface area contributed by atoms with Gasteiger partial charge in [-0.15, -0.1) is 0 Å². The van der Waals surface area contributed by atoms with E-state index >= 15 is 0 Å². The summed E-state index contributed by atoms with van der Waals surface area (Å²) in [4.78, 5) is 2.62. The van der Waals surface area contributed by atoms with E-state index < -0.39 is 0 Å². The fourth-order valence-electron chi connectivity index (χ4n) is 2.68. The molecule has 0 spiro atoms. The van der Waals surface area contributed by atoms with Gasteiger partial charge in [0.25, 0.3) is 0 Å². The Morgan fingerprint density at radius 3 is 2.48 bits per heavy atom. The summed E-state index contributed by atoms with van der Waals surface area (Å²) in [6.07, 6.45) is 4.84. The summed E-state index contributed by atoms with van der Waals surface area (Å²) < 4.78 is 0. The van der Waals surface area contributed by atoms with Gasteiger partial charge in [-0.3, -0.25) is 0 Å². The topological polar surface area (TPSA) is 15.3 Å². The number of rotatable bonds is 10. The van der Waals surface area contributed by atoms with E-state index in [0.29, 0.717) is 12.1 Å². The Hall–Kier alpha value is -0.570. The largest absolute Gasteiger partial charge is 0.313 e. The number of hydrogen-bond acceptors (Lipinski definition) is 2. The molecule has 120 valence electrons. The van der Waals surface area contributed by atoms with Crippen molar-refractivity contribution in [3.05, 3.63) is 34.9 Å². The molecule has 0 aromatic heterocycles. The van der Waals surface area contributed by atoms with E-state index in [1.54, 1.807) is 0 Å². The molecule has 21 heavy (non-hydrogen) atoms. The molecule has 1 aromatic rings. The van der Waals surface area contributed by atoms with Gasteiger partial charge >= 0.3 is 0 Å². The molecule has 2 atom stereocenters. The number of halogens is 1. The number of benzene rings is 1. The first-order valence-corrected chi connectivity index (χ1v) is 8.67. The summed E-state index contributed by atoms with van der Waals surface area (Å²) >= 11 is 6.33. The lowest BCUT2D eigenvalue weighted by atomic mass is 10.0. The number of nitrogens with zero attached hydrogens (tertiary/aromatic N) is 1. The number of unbranched alkanes of at least 4 members (excludes halogenated alkanes) is 1. The van der Waals surface area contributed by atoms with Crippen molar-refractivity contribution in [1.29, 1.82) is 0 Å². The van der Waals surface area contributed by atoms with Gasteiger partial charge in [-0.05, 0) is 51.4 Å². The molecule has 0 heterocycles. The zero-order valence-corrected chi connectivity index (χ0v) is 14.8. The van der Waals surface area contributed by atoms with Crippen molar-refractivity contribution in [3.63, 3.8) is 0 Å². The van der Waals surface area contributed by atoms with E-state index in [0.717, 1.165) is 18.0 Å². The van der Waals surface area contributed by atoms with Crippen molar-refractivity contribution in [3.8, 4) is 0 Å². The highest BCUT2D eigenvalue weighted by atomic mass is 35.5. The Labute approximate surface area is 135 Å². The fourth-order valence-corrected chi connectivity index (χ4v) is 2.95. The number of nitrogens with one attached hydrogen (secondary N) is 1. The van der Waals surface area contributed by atoms with E-state index in [9.17, 15) is 0 Å². The van der Waals surface area contributed by atoms with Crippen molar-refractivity contribution >= 4 is 11.6 Å². The summed E-state index contributed by atoms with van der Waals surface area (Å²) in [6, 6.07) is 9.14. The normalized spacial score (nSPS) is 14.4. The minimum atomic E-state index is 0.326. The SMILES string of the molecule is CCCCN(CCC(NC)c1ccccc1Cl)C(C)CC. The minimum absolute atomic E-state index is 0.326. The molecule has 0 fully saturated rings. The van der Waals surface area contributed by atoms with E-state index in [1.807, 2.05) is 19.2 Å². The third-order valence-corrected chi connectivity index (χ3v) is 4.69. The fraction of sp³-hybridized carbons (Fsp3) is 0.667. The van der Waals surface area contributed by atoms with E-state index in [1.165, 1.54) is 31.4 Å². The second-order valence-corrected chi connectivity index (χ2v) is 6.21. The van der Waals surface area contributed by atoms with Crippen molar-refractivity contribution in [2.24, 2.45) is 0 Å². The molecule has 2 unspecified atom stereocenters. The zero-order valence-electron chi connectivity index (χ0n) is 14.0. The molecular formula is C18H31ClN2. The minimum Gasteiger partial charge on any atom is -0.313 e. The monoisotopic (exact) mass is 310 g/mol. The summed E-state index contributed by atoms with van der Waals surface area (Å²) in [5, 5.41) is 4.28. The average molecular weight is 311 g/mol. The van der Waals surface area contributed by atoms with Gasteiger partial charge in [-0.1, -0.05) is 50.1 Å². The second kappa shape index (κ2) is 10.2. The molecule has 0 aliphatic heterocycles. The quantitative estimate of drug-likeness (QED) is 0.662. The van der Waals surface area contributed by atoms with Crippen LogP contribution in [0.4, 0.5) is 0 Å². The van der Waals surface area contributed by atoms with Crippen LogP contribution < -0.4 is 5.32 Å². The first-order chi connectivity index (χ1) is 10.1. The third kappa shape index (κ3) is 5.98. The van der Waals surface area contributed by atoms with Crippen molar-refractivity contribution in [2.75, 3.05) is 20.1 Å². The van der Waals surface area contributed by atoms with Crippen molar-refractivity contribution in [1.82, 2.24) is 10.2 Å². The molecule has 0 saturated heterocycles. The van der Waals surface area contributed by atoms with E-state index in [2.05, 4.69) is 43.1 Å². The lowest BCUT2D eigenvalue weighted by Gasteiger charge is -2.30. The molecule has 0 saturated carbocycles. The first-order valence-electron chi connectivity index (χ1n) is 8.29. The standard InChI is InChI=1S/C18H31ClN2/c1-5-7-13-21(15(3)6-2)14-12-18(20-4)16-10-8-9-11-17(16)19/h8-11,15,18,20H,5-7,12-14H2,1-4H3. The van der Waals surface area contributed by atoms with Crippen LogP contribution >= 0.6 is 11.6 Å². The third-order valence-electron chi connectivity index (χ3n) is 4.35. The van der Waals surface area contributed by atoms with Gasteiger partial charge in [0, 0.05) is 23.7 Å². The van der Waals surface area contributed by atoms with Gasteiger partial charge in [-0.25, -0.2) is 0 Å². The highest BCUT2D eigenvalue weighted by molar-refractivity contribution is 6.31. The summed E-state index contributed by atoms with van der Waals surface area (Å²) in [5.74, 6) is 0. The van der Waals surface area contributed by atoms with Crippen LogP contribution in [-0.2, 0) is 0 Å². The van der Waals surface area contributed by atoms with Gasteiger partial charge in [0.15, 0.2) is 0 Å². The maximum atomic E-state index is 6.33. The van der Waals surface area contributed by atoms with Gasteiger partial charge in [0.1, 0.15) is 0 Å². The van der Waals surface area contributed by atoms with Gasteiger partial charge < -0.3 is 10.2 Å². The van der Waals surface area contributed by atoms with Crippen LogP contribution in [-0.4, -0.2) is 31.1 Å². The molecule has 1 aromatic carbocycles. The van der Waals surface area contributed by atoms with Gasteiger partial charge in [-0.2, -0.15) is 0 Å². The maximum absolute atomic E-state index is 6.33. The molecule has 3 heteroatoms. The zero-order chi connectivity index (χ0) is 15.7. The van der Waals surface area contributed by atoms with Crippen LogP contribution in [0, 0.1) is 0 Å². The summed E-state index contributed by atoms with van der Waals surface area (Å²) in [5.41, 5.74) is 1.21. The highest BCUT2D eigenvalue weighted by Gasteiger charge is 2.16. The van der Waals surface area contributed by atoms with E-state index in [-0.39, 0.29) is 0 Å². The second-order valence-electron chi connectivity index (χ2n) is 5.80. The molecule has 1 N–H and O–H groups in total. The van der Waals surface area contributed by atoms with Gasteiger partial charge in [0.2, 0.25) is 0 Å². The van der Waals surface area contributed by atoms with Crippen molar-refractivity contribution in [2.45, 2.75) is 58.5 Å². The van der Waals surface area contributed by atoms with Crippen molar-refractivity contribution < 1.29 is 0 Å². The lowest BCUT2D eigenvalue weighted by Crippen LogP contribution is -2.36. The molecule has 0 aliphatic carbocycles. The summed E-state index contributed by atoms with van der Waals surface area (Å²) in [7, 11) is 2.02. The smallest absolute Gasteiger partial charge is 0.0453 e. The van der Waals surface area contributed by atoms with Gasteiger partial charge in [0.05, 0.1) is 0 Å². The molecule has 0 aliphatic rings. The van der Waals surface area contributed by atoms with E-state index in [4.69, 9.17) is 11.6 Å². The Balaban J connectivity index is 2.65. The lowest BCUT2D eigenvalue weighted by molar-refractivity contribution is 0.191. The van der Waals surface area contributed by atoms with Crippen LogP contribution in [0.5, 0.6) is 0 Å². The average Bonchev–Trinajstić information content (AvgIpc) is 2.51. The summed E-state index contributed by atoms with van der Waals surface area (Å²) in [6.45, 7) is 9.18. The highest BCUT2D eigenvalue weighted by Crippen LogP contribution is 2.25. The Kier molecular flexibility index (Phi) is 8.98. The van der Waals surface area contributed by atoms with Crippen LogP contribution in [0.2, 0.25) is 5.02 Å². The molecule has 0 bridgehead atoms. The molecule has 0 radical (unpaired) electrons. The predicted molar refractivity (Wildman–Crippen MR) is 94.1 cm³/mol. The maximum Gasteiger partial charge on any atom is 0.0453 e. The van der Waals surface area contributed by atoms with Crippen LogP contribution in [0.3, 0.4) is 0 Å². The molecule has 2 nitrogen and oxygen atoms in total. The number of hydrogen-bond donors (Lipinski definition) is 1. The first kappa shape index (κ1) is 18.5. The molecule has 0 amide bonds. The molecule has 1 rings (SSSR count). The van der Waals surface area contributed by atoms with Crippen LogP contribution in [0.15, 0.2) is 24.3 Å². The Bertz CT molecular complexity index is 395. The van der Waals surface area contributed by atoms with Crippen LogP contribution in [0.25, 0.3) is 0 Å². The Morgan fingerprint density at radius 1 is 1.19 bits per heavy atom. The Morgan fingerprint density at radius 2 is 1.90 bits per heavy atom. The predicted octanol–water partition coefficient (Wildman–Crippen LogP) is 4.89. The van der Waals surface area contributed by atoms with Crippen LogP contribution in [0.1, 0.15) is 58.1 Å². The molecular weight excluding hydrogens is 280 g/mol.